The van der Waals surface area contributed by atoms with Crippen molar-refractivity contribution >= 4 is 17.0 Å². The van der Waals surface area contributed by atoms with Crippen LogP contribution in [0.25, 0.3) is 11.0 Å². The lowest BCUT2D eigenvalue weighted by Crippen LogP contribution is -2.28. The predicted octanol–water partition coefficient (Wildman–Crippen LogP) is 1.32. The monoisotopic (exact) mass is 262 g/mol. The molecule has 0 aliphatic rings. The maximum Gasteiger partial charge on any atom is 0.302 e. The first-order valence-electron chi connectivity index (χ1n) is 5.89. The van der Waals surface area contributed by atoms with Crippen molar-refractivity contribution in [2.75, 3.05) is 6.61 Å². The smallest absolute Gasteiger partial charge is 0.302 e. The van der Waals surface area contributed by atoms with Gasteiger partial charge in [-0.05, 0) is 13.0 Å². The molecule has 0 spiro atoms. The van der Waals surface area contributed by atoms with Gasteiger partial charge in [-0.3, -0.25) is 4.79 Å². The van der Waals surface area contributed by atoms with E-state index >= 15 is 0 Å². The van der Waals surface area contributed by atoms with Gasteiger partial charge in [-0.2, -0.15) is 0 Å². The molecule has 0 atom stereocenters. The first-order valence-corrected chi connectivity index (χ1v) is 5.89. The molecule has 2 aromatic rings. The van der Waals surface area contributed by atoms with Gasteiger partial charge in [0.25, 0.3) is 11.2 Å². The Labute approximate surface area is 109 Å². The summed E-state index contributed by atoms with van der Waals surface area (Å²) in [5, 5.41) is 12.1. The number of benzene rings is 1. The Morgan fingerprint density at radius 3 is 2.79 bits per heavy atom. The Morgan fingerprint density at radius 1 is 1.42 bits per heavy atom. The van der Waals surface area contributed by atoms with Crippen LogP contribution in [0.3, 0.4) is 0 Å². The lowest BCUT2D eigenvalue weighted by Gasteiger charge is -2.16. The number of nitrogens with zero attached hydrogens (tertiary/aromatic N) is 2. The van der Waals surface area contributed by atoms with E-state index in [1.807, 2.05) is 0 Å². The zero-order chi connectivity index (χ0) is 14.0. The van der Waals surface area contributed by atoms with Crippen molar-refractivity contribution in [3.8, 4) is 0 Å². The Balaban J connectivity index is 2.49. The fourth-order valence-corrected chi connectivity index (χ4v) is 1.97. The zero-order valence-corrected chi connectivity index (χ0v) is 10.8. The number of carbonyl (C=O) groups is 1. The minimum atomic E-state index is -0.411. The predicted molar refractivity (Wildman–Crippen MR) is 69.1 cm³/mol. The summed E-state index contributed by atoms with van der Waals surface area (Å²) >= 11 is 0. The number of aromatic nitrogens is 2. The molecule has 0 bridgehead atoms. The molecule has 6 nitrogen and oxygen atoms in total. The standard InChI is InChI=1S/C13H14N2O4/c1-9-11(7-8-19-10(2)16)15(18)13-6-4-3-5-12(13)14(9)17/h3-6H,7-8H2,1-2H3. The summed E-state index contributed by atoms with van der Waals surface area (Å²) in [4.78, 5) is 22.9. The first-order chi connectivity index (χ1) is 9.02. The van der Waals surface area contributed by atoms with Crippen molar-refractivity contribution in [1.29, 1.82) is 0 Å². The molecule has 0 unspecified atom stereocenters. The first kappa shape index (κ1) is 13.1. The second-order valence-corrected chi connectivity index (χ2v) is 4.20. The maximum absolute atomic E-state index is 12.2. The summed E-state index contributed by atoms with van der Waals surface area (Å²) in [7, 11) is 0. The summed E-state index contributed by atoms with van der Waals surface area (Å²) in [6.07, 6.45) is 0.210. The van der Waals surface area contributed by atoms with Crippen LogP contribution in [0.1, 0.15) is 18.3 Å². The number of hydrogen-bond donors (Lipinski definition) is 0. The Bertz CT molecular complexity index is 691. The number of rotatable bonds is 3. The van der Waals surface area contributed by atoms with Gasteiger partial charge in [-0.15, -0.1) is 0 Å². The van der Waals surface area contributed by atoms with E-state index in [1.54, 1.807) is 31.2 Å². The van der Waals surface area contributed by atoms with Gasteiger partial charge < -0.3 is 14.7 Å². The van der Waals surface area contributed by atoms with Crippen LogP contribution in [0.2, 0.25) is 0 Å². The van der Waals surface area contributed by atoms with E-state index in [1.165, 1.54) is 6.92 Å². The second-order valence-electron chi connectivity index (χ2n) is 4.20. The number of fused-ring (bicyclic) bond motifs is 1. The number of esters is 1. The highest BCUT2D eigenvalue weighted by Gasteiger charge is 2.19. The van der Waals surface area contributed by atoms with Crippen LogP contribution in [-0.2, 0) is 16.0 Å². The van der Waals surface area contributed by atoms with Crippen molar-refractivity contribution < 1.29 is 14.0 Å². The Kier molecular flexibility index (Phi) is 3.50. The lowest BCUT2D eigenvalue weighted by molar-refractivity contribution is -0.476. The van der Waals surface area contributed by atoms with E-state index in [9.17, 15) is 14.9 Å². The van der Waals surface area contributed by atoms with Gasteiger partial charge in [0.1, 0.15) is 12.1 Å². The molecule has 0 aliphatic carbocycles. The zero-order valence-electron chi connectivity index (χ0n) is 10.8. The molecule has 100 valence electrons. The Morgan fingerprint density at radius 2 is 2.11 bits per heavy atom. The SMILES string of the molecule is CC(=O)OCCc1c(C)n([O-])c2ccccc2[n+]1=O. The van der Waals surface area contributed by atoms with Crippen LogP contribution in [0.4, 0.5) is 0 Å². The minimum Gasteiger partial charge on any atom is -0.805 e. The van der Waals surface area contributed by atoms with Crippen LogP contribution < -0.4 is 4.43 Å². The van der Waals surface area contributed by atoms with E-state index in [0.29, 0.717) is 22.4 Å². The molecule has 0 fully saturated rings. The van der Waals surface area contributed by atoms with Crippen molar-refractivity contribution in [2.45, 2.75) is 20.3 Å². The molecule has 0 radical (unpaired) electrons. The topological polar surface area (TPSA) is 77.3 Å². The number of hydrogen-bond acceptors (Lipinski definition) is 4. The number of carbonyl (C=O) groups excluding carboxylic acids is 1. The molecule has 1 aromatic carbocycles. The molecular weight excluding hydrogens is 248 g/mol. The second kappa shape index (κ2) is 5.09. The van der Waals surface area contributed by atoms with E-state index < -0.39 is 5.97 Å². The van der Waals surface area contributed by atoms with Gasteiger partial charge >= 0.3 is 5.97 Å². The summed E-state index contributed by atoms with van der Waals surface area (Å²) in [6.45, 7) is 2.96. The normalized spacial score (nSPS) is 10.6. The summed E-state index contributed by atoms with van der Waals surface area (Å²) in [5.41, 5.74) is 1.27. The molecule has 0 aliphatic heterocycles. The largest absolute Gasteiger partial charge is 0.805 e. The van der Waals surface area contributed by atoms with Crippen LogP contribution in [0, 0.1) is 17.0 Å². The molecule has 1 aromatic heterocycles. The third kappa shape index (κ3) is 2.42. The third-order valence-corrected chi connectivity index (χ3v) is 2.93. The van der Waals surface area contributed by atoms with Crippen LogP contribution in [0.5, 0.6) is 0 Å². The number of para-hydroxylation sites is 2. The van der Waals surface area contributed by atoms with E-state index in [4.69, 9.17) is 4.74 Å². The molecule has 0 saturated heterocycles. The molecule has 6 heteroatoms. The van der Waals surface area contributed by atoms with E-state index in [0.717, 1.165) is 9.16 Å². The van der Waals surface area contributed by atoms with E-state index in [2.05, 4.69) is 0 Å². The summed E-state index contributed by atoms with van der Waals surface area (Å²) < 4.78 is 6.26. The van der Waals surface area contributed by atoms with Crippen molar-refractivity contribution in [2.24, 2.45) is 0 Å². The third-order valence-electron chi connectivity index (χ3n) is 2.93. The molecule has 0 N–H and O–H groups in total. The summed E-state index contributed by atoms with van der Waals surface area (Å²) in [5.74, 6) is -0.411. The molecule has 0 amide bonds. The van der Waals surface area contributed by atoms with Crippen LogP contribution >= 0.6 is 0 Å². The maximum atomic E-state index is 12.2. The van der Waals surface area contributed by atoms with E-state index in [-0.39, 0.29) is 13.0 Å². The molecule has 19 heavy (non-hydrogen) atoms. The van der Waals surface area contributed by atoms with Gasteiger partial charge in [-0.25, -0.2) is 0 Å². The van der Waals surface area contributed by atoms with Gasteiger partial charge in [0, 0.05) is 17.9 Å². The highest BCUT2D eigenvalue weighted by molar-refractivity contribution is 5.72. The average molecular weight is 262 g/mol. The van der Waals surface area contributed by atoms with Gasteiger partial charge in [0.05, 0.1) is 16.5 Å². The molecule has 2 rings (SSSR count). The number of ether oxygens (including phenoxy) is 1. The van der Waals surface area contributed by atoms with Crippen LogP contribution in [0.15, 0.2) is 24.3 Å². The highest BCUT2D eigenvalue weighted by Crippen LogP contribution is 2.13. The lowest BCUT2D eigenvalue weighted by atomic mass is 10.2. The molecule has 0 saturated carbocycles. The molecular formula is C13H14N2O4. The van der Waals surface area contributed by atoms with Gasteiger partial charge in [-0.1, -0.05) is 12.1 Å². The van der Waals surface area contributed by atoms with Gasteiger partial charge in [0.15, 0.2) is 0 Å². The Hall–Kier alpha value is -2.37. The fraction of sp³-hybridized carbons (Fsp3) is 0.308. The van der Waals surface area contributed by atoms with Crippen molar-refractivity contribution in [3.63, 3.8) is 0 Å². The summed E-state index contributed by atoms with van der Waals surface area (Å²) in [6, 6.07) is 6.59. The van der Waals surface area contributed by atoms with Crippen molar-refractivity contribution in [3.05, 3.63) is 45.8 Å². The van der Waals surface area contributed by atoms with Gasteiger partial charge in [0.2, 0.25) is 0 Å². The fourth-order valence-electron chi connectivity index (χ4n) is 1.97. The average Bonchev–Trinajstić information content (AvgIpc) is 2.40. The minimum absolute atomic E-state index is 0.0801. The van der Waals surface area contributed by atoms with Crippen molar-refractivity contribution in [1.82, 2.24) is 4.73 Å². The molecule has 1 heterocycles. The highest BCUT2D eigenvalue weighted by atomic mass is 16.5. The quantitative estimate of drug-likeness (QED) is 0.617. The van der Waals surface area contributed by atoms with Crippen LogP contribution in [-0.4, -0.2) is 17.3 Å².